The fourth-order valence-electron chi connectivity index (χ4n) is 1.98. The molecular formula is C18H12FI2N3O4. The topological polar surface area (TPSA) is 101 Å². The quantitative estimate of drug-likeness (QED) is 0.236. The summed E-state index contributed by atoms with van der Waals surface area (Å²) in [5.41, 5.74) is 2.81. The summed E-state index contributed by atoms with van der Waals surface area (Å²) in [6, 6.07) is 8.83. The molecule has 1 amide bonds. The minimum atomic E-state index is -0.803. The Labute approximate surface area is 187 Å². The van der Waals surface area contributed by atoms with Gasteiger partial charge in [-0.3, -0.25) is 4.79 Å². The molecule has 0 bridgehead atoms. The first-order valence-corrected chi connectivity index (χ1v) is 9.73. The van der Waals surface area contributed by atoms with E-state index in [2.05, 4.69) is 15.3 Å². The van der Waals surface area contributed by atoms with E-state index in [0.717, 1.165) is 13.2 Å². The fourth-order valence-corrected chi connectivity index (χ4v) is 4.10. The van der Waals surface area contributed by atoms with Crippen molar-refractivity contribution in [3.63, 3.8) is 0 Å². The molecule has 0 aromatic heterocycles. The largest absolute Gasteiger partial charge is 0.480 e. The molecule has 0 heterocycles. The van der Waals surface area contributed by atoms with E-state index in [-0.39, 0.29) is 17.7 Å². The zero-order chi connectivity index (χ0) is 20.7. The first kappa shape index (κ1) is 22.0. The van der Waals surface area contributed by atoms with Gasteiger partial charge in [-0.2, -0.15) is 10.4 Å². The summed E-state index contributed by atoms with van der Waals surface area (Å²) >= 11 is 4.10. The van der Waals surface area contributed by atoms with Crippen LogP contribution < -0.4 is 10.2 Å². The standard InChI is InChI=1S/C18H12FI2N3O4/c1-27-16(25)9-28-17-14(20)5-11(6-15(17)21)8-23-24-18(26)12-3-2-10(7-22)4-13(12)19/h2-6,8H,9H2,1H3,(H,24,26)/b23-8-. The average Bonchev–Trinajstić information content (AvgIpc) is 2.66. The number of rotatable bonds is 6. The number of nitrogens with zero attached hydrogens (tertiary/aromatic N) is 2. The Morgan fingerprint density at radius 1 is 1.29 bits per heavy atom. The van der Waals surface area contributed by atoms with Crippen molar-refractivity contribution in [1.82, 2.24) is 5.43 Å². The zero-order valence-corrected chi connectivity index (χ0v) is 18.6. The number of halogens is 3. The summed E-state index contributed by atoms with van der Waals surface area (Å²) in [6.45, 7) is -0.206. The molecule has 0 unspecified atom stereocenters. The number of hydrogen-bond acceptors (Lipinski definition) is 6. The average molecular weight is 607 g/mol. The second kappa shape index (κ2) is 10.3. The number of hydrazone groups is 1. The molecule has 0 saturated heterocycles. The molecule has 2 rings (SSSR count). The Morgan fingerprint density at radius 2 is 1.96 bits per heavy atom. The molecule has 2 aromatic rings. The summed E-state index contributed by atoms with van der Waals surface area (Å²) in [7, 11) is 1.28. The Morgan fingerprint density at radius 3 is 2.54 bits per heavy atom. The molecule has 0 atom stereocenters. The van der Waals surface area contributed by atoms with Crippen molar-refractivity contribution < 1.29 is 23.5 Å². The lowest BCUT2D eigenvalue weighted by atomic mass is 10.1. The van der Waals surface area contributed by atoms with Crippen molar-refractivity contribution in [2.45, 2.75) is 0 Å². The van der Waals surface area contributed by atoms with Crippen molar-refractivity contribution in [1.29, 1.82) is 5.26 Å². The molecule has 0 radical (unpaired) electrons. The smallest absolute Gasteiger partial charge is 0.343 e. The fraction of sp³-hybridized carbons (Fsp3) is 0.111. The van der Waals surface area contributed by atoms with Crippen LogP contribution in [0.5, 0.6) is 5.75 Å². The van der Waals surface area contributed by atoms with Gasteiger partial charge in [-0.25, -0.2) is 14.6 Å². The van der Waals surface area contributed by atoms with Crippen LogP contribution in [0.2, 0.25) is 0 Å². The highest BCUT2D eigenvalue weighted by molar-refractivity contribution is 14.1. The van der Waals surface area contributed by atoms with Gasteiger partial charge in [-0.15, -0.1) is 0 Å². The lowest BCUT2D eigenvalue weighted by Crippen LogP contribution is -2.19. The van der Waals surface area contributed by atoms with Crippen molar-refractivity contribution in [2.24, 2.45) is 5.10 Å². The number of esters is 1. The minimum Gasteiger partial charge on any atom is -0.480 e. The third kappa shape index (κ3) is 5.86. The molecule has 0 spiro atoms. The summed E-state index contributed by atoms with van der Waals surface area (Å²) in [5, 5.41) is 12.5. The molecule has 0 aliphatic heterocycles. The van der Waals surface area contributed by atoms with Gasteiger partial charge in [0.2, 0.25) is 0 Å². The van der Waals surface area contributed by atoms with Crippen LogP contribution in [0.25, 0.3) is 0 Å². The van der Waals surface area contributed by atoms with E-state index in [0.29, 0.717) is 11.3 Å². The monoisotopic (exact) mass is 607 g/mol. The molecule has 0 aliphatic rings. The van der Waals surface area contributed by atoms with E-state index >= 15 is 0 Å². The van der Waals surface area contributed by atoms with Gasteiger partial charge in [0.1, 0.15) is 11.6 Å². The van der Waals surface area contributed by atoms with Crippen LogP contribution in [0.4, 0.5) is 4.39 Å². The highest BCUT2D eigenvalue weighted by atomic mass is 127. The van der Waals surface area contributed by atoms with Crippen LogP contribution in [0.1, 0.15) is 21.5 Å². The molecule has 0 fully saturated rings. The van der Waals surface area contributed by atoms with E-state index in [4.69, 9.17) is 10.00 Å². The summed E-state index contributed by atoms with van der Waals surface area (Å²) in [6.07, 6.45) is 1.40. The van der Waals surface area contributed by atoms with Gasteiger partial charge in [-0.05, 0) is 81.1 Å². The van der Waals surface area contributed by atoms with Crippen molar-refractivity contribution >= 4 is 63.3 Å². The first-order chi connectivity index (χ1) is 13.3. The predicted molar refractivity (Wildman–Crippen MR) is 116 cm³/mol. The highest BCUT2D eigenvalue weighted by Crippen LogP contribution is 2.28. The molecular weight excluding hydrogens is 595 g/mol. The molecule has 0 aliphatic carbocycles. The van der Waals surface area contributed by atoms with Gasteiger partial charge in [0.15, 0.2) is 6.61 Å². The van der Waals surface area contributed by atoms with E-state index in [1.54, 1.807) is 18.2 Å². The maximum atomic E-state index is 13.8. The number of benzene rings is 2. The Balaban J connectivity index is 2.07. The lowest BCUT2D eigenvalue weighted by molar-refractivity contribution is -0.142. The third-order valence-corrected chi connectivity index (χ3v) is 4.91. The molecule has 1 N–H and O–H groups in total. The summed E-state index contributed by atoms with van der Waals surface area (Å²) < 4.78 is 25.3. The molecule has 10 heteroatoms. The van der Waals surface area contributed by atoms with Gasteiger partial charge in [0, 0.05) is 0 Å². The first-order valence-electron chi connectivity index (χ1n) is 7.57. The van der Waals surface area contributed by atoms with Gasteiger partial charge < -0.3 is 9.47 Å². The molecule has 144 valence electrons. The van der Waals surface area contributed by atoms with Crippen LogP contribution in [-0.4, -0.2) is 31.8 Å². The molecule has 2 aromatic carbocycles. The van der Waals surface area contributed by atoms with Gasteiger partial charge in [0.05, 0.1) is 37.7 Å². The number of nitriles is 1. The zero-order valence-electron chi connectivity index (χ0n) is 14.3. The Hall–Kier alpha value is -2.27. The number of ether oxygens (including phenoxy) is 2. The predicted octanol–water partition coefficient (Wildman–Crippen LogP) is 3.22. The van der Waals surface area contributed by atoms with E-state index < -0.39 is 17.7 Å². The Bertz CT molecular complexity index is 966. The van der Waals surface area contributed by atoms with E-state index in [9.17, 15) is 14.0 Å². The summed E-state index contributed by atoms with van der Waals surface area (Å²) in [5.74, 6) is -1.49. The molecule has 0 saturated carbocycles. The van der Waals surface area contributed by atoms with Crippen LogP contribution >= 0.6 is 45.2 Å². The second-order valence-corrected chi connectivity index (χ2v) is 7.51. The van der Waals surface area contributed by atoms with Crippen LogP contribution in [0.15, 0.2) is 35.4 Å². The minimum absolute atomic E-state index is 0.121. The van der Waals surface area contributed by atoms with Crippen LogP contribution in [-0.2, 0) is 9.53 Å². The Kier molecular flexibility index (Phi) is 8.12. The number of amides is 1. The van der Waals surface area contributed by atoms with Crippen molar-refractivity contribution in [3.8, 4) is 11.8 Å². The van der Waals surface area contributed by atoms with E-state index in [1.807, 2.05) is 45.2 Å². The van der Waals surface area contributed by atoms with Crippen LogP contribution in [0, 0.1) is 24.3 Å². The number of hydrogen-bond donors (Lipinski definition) is 1. The normalized spacial score (nSPS) is 10.4. The maximum Gasteiger partial charge on any atom is 0.343 e. The van der Waals surface area contributed by atoms with E-state index in [1.165, 1.54) is 25.5 Å². The van der Waals surface area contributed by atoms with Crippen molar-refractivity contribution in [2.75, 3.05) is 13.7 Å². The van der Waals surface area contributed by atoms with Crippen molar-refractivity contribution in [3.05, 3.63) is 60.0 Å². The summed E-state index contributed by atoms with van der Waals surface area (Å²) in [4.78, 5) is 23.2. The maximum absolute atomic E-state index is 13.8. The number of carbonyl (C=O) groups is 2. The lowest BCUT2D eigenvalue weighted by Gasteiger charge is -2.10. The molecule has 7 nitrogen and oxygen atoms in total. The number of methoxy groups -OCH3 is 1. The van der Waals surface area contributed by atoms with Gasteiger partial charge in [0.25, 0.3) is 5.91 Å². The van der Waals surface area contributed by atoms with Crippen LogP contribution in [0.3, 0.4) is 0 Å². The highest BCUT2D eigenvalue weighted by Gasteiger charge is 2.13. The number of nitrogens with one attached hydrogen (secondary N) is 1. The third-order valence-electron chi connectivity index (χ3n) is 3.31. The number of carbonyl (C=O) groups excluding carboxylic acids is 2. The SMILES string of the molecule is COC(=O)COc1c(I)cc(/C=N\NC(=O)c2ccc(C#N)cc2F)cc1I. The van der Waals surface area contributed by atoms with Gasteiger partial charge >= 0.3 is 5.97 Å². The van der Waals surface area contributed by atoms with Gasteiger partial charge in [-0.1, -0.05) is 0 Å². The molecule has 28 heavy (non-hydrogen) atoms. The second-order valence-electron chi connectivity index (χ2n) is 5.18.